The third-order valence-corrected chi connectivity index (χ3v) is 7.76. The molecule has 0 N–H and O–H groups in total. The largest absolute Gasteiger partial charge is 0.419 e. The molecule has 4 aromatic rings. The zero-order valence-electron chi connectivity index (χ0n) is 17.7. The molecule has 0 bridgehead atoms. The molecular weight excluding hydrogens is 432 g/mol. The van der Waals surface area contributed by atoms with E-state index in [-0.39, 0.29) is 17.4 Å². The number of aromatic nitrogens is 3. The summed E-state index contributed by atoms with van der Waals surface area (Å²) in [5, 5.41) is 4.07. The molecule has 1 fully saturated rings. The second kappa shape index (κ2) is 7.72. The van der Waals surface area contributed by atoms with Crippen LogP contribution in [0.5, 0.6) is 0 Å². The van der Waals surface area contributed by atoms with E-state index in [4.69, 9.17) is 8.94 Å². The van der Waals surface area contributed by atoms with E-state index in [2.05, 4.69) is 10.1 Å². The molecule has 10 heteroatoms. The number of oxazole rings is 1. The summed E-state index contributed by atoms with van der Waals surface area (Å²) in [5.74, 6) is 0.136. The average Bonchev–Trinajstić information content (AvgIpc) is 3.39. The Labute approximate surface area is 184 Å². The quantitative estimate of drug-likeness (QED) is 0.466. The standard InChI is InChI=1S/C22H22N4O5S/c1-14-5-8-17(9-6-14)32(28,29)26-11-3-4-16(13-26)21-23-20(24-31-21)15-7-10-18-19(12-15)30-22(27)25(18)2/h5-10,12,16H,3-4,11,13H2,1-2H3/t16-/m1/s1. The van der Waals surface area contributed by atoms with E-state index < -0.39 is 15.8 Å². The molecule has 0 amide bonds. The Hall–Kier alpha value is -3.24. The number of piperidine rings is 1. The molecule has 3 heterocycles. The molecule has 32 heavy (non-hydrogen) atoms. The summed E-state index contributed by atoms with van der Waals surface area (Å²) >= 11 is 0. The van der Waals surface area contributed by atoms with Crippen molar-refractivity contribution in [2.24, 2.45) is 7.05 Å². The molecule has 166 valence electrons. The first-order valence-corrected chi connectivity index (χ1v) is 11.8. The summed E-state index contributed by atoms with van der Waals surface area (Å²) in [7, 11) is -1.95. The maximum Gasteiger partial charge on any atom is 0.419 e. The first kappa shape index (κ1) is 20.7. The van der Waals surface area contributed by atoms with Crippen LogP contribution in [0.1, 0.15) is 30.2 Å². The third-order valence-electron chi connectivity index (χ3n) is 5.88. The molecule has 0 saturated carbocycles. The summed E-state index contributed by atoms with van der Waals surface area (Å²) in [6, 6.07) is 12.1. The van der Waals surface area contributed by atoms with Gasteiger partial charge in [-0.2, -0.15) is 9.29 Å². The smallest absolute Gasteiger partial charge is 0.408 e. The van der Waals surface area contributed by atoms with Crippen LogP contribution < -0.4 is 5.76 Å². The van der Waals surface area contributed by atoms with Crippen molar-refractivity contribution in [1.29, 1.82) is 0 Å². The molecule has 1 aliphatic rings. The zero-order valence-corrected chi connectivity index (χ0v) is 18.5. The summed E-state index contributed by atoms with van der Waals surface area (Å²) in [6.45, 7) is 2.66. The van der Waals surface area contributed by atoms with Crippen LogP contribution in [-0.2, 0) is 17.1 Å². The van der Waals surface area contributed by atoms with Gasteiger partial charge in [0.15, 0.2) is 5.58 Å². The highest BCUT2D eigenvalue weighted by atomic mass is 32.2. The van der Waals surface area contributed by atoms with Gasteiger partial charge in [0.2, 0.25) is 21.7 Å². The molecule has 2 aromatic heterocycles. The first-order valence-electron chi connectivity index (χ1n) is 10.3. The maximum atomic E-state index is 13.1. The molecule has 0 unspecified atom stereocenters. The molecule has 2 aromatic carbocycles. The first-order chi connectivity index (χ1) is 15.3. The number of hydrogen-bond acceptors (Lipinski definition) is 7. The Kier molecular flexibility index (Phi) is 4.98. The van der Waals surface area contributed by atoms with Gasteiger partial charge in [-0.3, -0.25) is 4.57 Å². The fraction of sp³-hybridized carbons (Fsp3) is 0.318. The minimum Gasteiger partial charge on any atom is -0.408 e. The topological polar surface area (TPSA) is 111 Å². The fourth-order valence-corrected chi connectivity index (χ4v) is 5.54. The van der Waals surface area contributed by atoms with Crippen LogP contribution in [0.3, 0.4) is 0 Å². The second-order valence-electron chi connectivity index (χ2n) is 8.08. The molecule has 0 spiro atoms. The van der Waals surface area contributed by atoms with E-state index >= 15 is 0 Å². The lowest BCUT2D eigenvalue weighted by atomic mass is 10.00. The predicted molar refractivity (Wildman–Crippen MR) is 117 cm³/mol. The summed E-state index contributed by atoms with van der Waals surface area (Å²) in [5.41, 5.74) is 2.77. The molecule has 1 aliphatic heterocycles. The lowest BCUT2D eigenvalue weighted by Crippen LogP contribution is -2.39. The van der Waals surface area contributed by atoms with Gasteiger partial charge in [0.1, 0.15) is 0 Å². The molecule has 5 rings (SSSR count). The van der Waals surface area contributed by atoms with Crippen LogP contribution >= 0.6 is 0 Å². The Balaban J connectivity index is 1.39. The van der Waals surface area contributed by atoms with Crippen molar-refractivity contribution in [3.05, 3.63) is 64.5 Å². The highest BCUT2D eigenvalue weighted by Gasteiger charge is 2.33. The number of nitrogens with zero attached hydrogens (tertiary/aromatic N) is 4. The maximum absolute atomic E-state index is 13.1. The van der Waals surface area contributed by atoms with Crippen molar-refractivity contribution in [2.75, 3.05) is 13.1 Å². The number of rotatable bonds is 4. The van der Waals surface area contributed by atoms with E-state index in [1.54, 1.807) is 49.5 Å². The van der Waals surface area contributed by atoms with Crippen LogP contribution in [0.25, 0.3) is 22.5 Å². The number of fused-ring (bicyclic) bond motifs is 1. The predicted octanol–water partition coefficient (Wildman–Crippen LogP) is 3.06. The van der Waals surface area contributed by atoms with Crippen LogP contribution in [0, 0.1) is 6.92 Å². The van der Waals surface area contributed by atoms with Crippen molar-refractivity contribution in [1.82, 2.24) is 19.0 Å². The lowest BCUT2D eigenvalue weighted by Gasteiger charge is -2.30. The molecule has 9 nitrogen and oxygen atoms in total. The van der Waals surface area contributed by atoms with Crippen molar-refractivity contribution < 1.29 is 17.4 Å². The van der Waals surface area contributed by atoms with Crippen molar-refractivity contribution in [3.63, 3.8) is 0 Å². The van der Waals surface area contributed by atoms with Crippen LogP contribution in [0.15, 0.2) is 61.1 Å². The van der Waals surface area contributed by atoms with E-state index in [0.29, 0.717) is 41.3 Å². The van der Waals surface area contributed by atoms with E-state index in [1.165, 1.54) is 8.87 Å². The van der Waals surface area contributed by atoms with Crippen LogP contribution in [0.2, 0.25) is 0 Å². The van der Waals surface area contributed by atoms with E-state index in [9.17, 15) is 13.2 Å². The minimum absolute atomic E-state index is 0.191. The Morgan fingerprint density at radius 1 is 1.12 bits per heavy atom. The Morgan fingerprint density at radius 2 is 1.91 bits per heavy atom. The van der Waals surface area contributed by atoms with Gasteiger partial charge in [-0.15, -0.1) is 0 Å². The molecule has 1 atom stereocenters. The number of aryl methyl sites for hydroxylation is 2. The molecular formula is C22H22N4O5S. The molecule has 0 radical (unpaired) electrons. The van der Waals surface area contributed by atoms with E-state index in [1.807, 2.05) is 6.92 Å². The lowest BCUT2D eigenvalue weighted by molar-refractivity contribution is 0.265. The van der Waals surface area contributed by atoms with Gasteiger partial charge in [-0.1, -0.05) is 22.9 Å². The Morgan fingerprint density at radius 3 is 2.69 bits per heavy atom. The highest BCUT2D eigenvalue weighted by molar-refractivity contribution is 7.89. The van der Waals surface area contributed by atoms with Gasteiger partial charge in [0, 0.05) is 25.7 Å². The average molecular weight is 455 g/mol. The second-order valence-corrected chi connectivity index (χ2v) is 10.0. The van der Waals surface area contributed by atoms with Crippen LogP contribution in [-0.4, -0.2) is 40.5 Å². The van der Waals surface area contributed by atoms with Gasteiger partial charge in [-0.25, -0.2) is 13.2 Å². The number of hydrogen-bond donors (Lipinski definition) is 0. The van der Waals surface area contributed by atoms with Gasteiger partial charge < -0.3 is 8.94 Å². The fourth-order valence-electron chi connectivity index (χ4n) is 4.01. The van der Waals surface area contributed by atoms with Gasteiger partial charge in [0.05, 0.1) is 16.3 Å². The zero-order chi connectivity index (χ0) is 22.5. The monoisotopic (exact) mass is 454 g/mol. The third kappa shape index (κ3) is 3.55. The van der Waals surface area contributed by atoms with Gasteiger partial charge >= 0.3 is 5.76 Å². The van der Waals surface area contributed by atoms with Gasteiger partial charge in [-0.05, 0) is 50.1 Å². The van der Waals surface area contributed by atoms with Crippen LogP contribution in [0.4, 0.5) is 0 Å². The van der Waals surface area contributed by atoms with Crippen molar-refractivity contribution in [2.45, 2.75) is 30.6 Å². The van der Waals surface area contributed by atoms with Crippen molar-refractivity contribution >= 4 is 21.1 Å². The van der Waals surface area contributed by atoms with E-state index in [0.717, 1.165) is 12.0 Å². The molecule has 1 saturated heterocycles. The Bertz CT molecular complexity index is 1450. The minimum atomic E-state index is -3.59. The van der Waals surface area contributed by atoms with Gasteiger partial charge in [0.25, 0.3) is 0 Å². The SMILES string of the molecule is Cc1ccc(S(=O)(=O)N2CCC[C@@H](c3nc(-c4ccc5c(c4)oc(=O)n5C)no3)C2)cc1. The normalized spacial score (nSPS) is 17.8. The number of benzene rings is 2. The molecule has 0 aliphatic carbocycles. The summed E-state index contributed by atoms with van der Waals surface area (Å²) in [4.78, 5) is 16.5. The summed E-state index contributed by atoms with van der Waals surface area (Å²) in [6.07, 6.45) is 1.46. The van der Waals surface area contributed by atoms with Crippen molar-refractivity contribution in [3.8, 4) is 11.4 Å². The summed E-state index contributed by atoms with van der Waals surface area (Å²) < 4.78 is 39.8. The highest BCUT2D eigenvalue weighted by Crippen LogP contribution is 2.31. The number of sulfonamides is 1.